The Hall–Kier alpha value is -2.99. The van der Waals surface area contributed by atoms with E-state index in [0.29, 0.717) is 12.5 Å². The van der Waals surface area contributed by atoms with E-state index >= 15 is 0 Å². The van der Waals surface area contributed by atoms with E-state index in [2.05, 4.69) is 41.3 Å². The summed E-state index contributed by atoms with van der Waals surface area (Å²) in [6, 6.07) is 13.8. The van der Waals surface area contributed by atoms with Gasteiger partial charge < -0.3 is 15.4 Å². The molecule has 2 aliphatic carbocycles. The molecular weight excluding hydrogens is 462 g/mol. The number of pyridine rings is 1. The maximum absolute atomic E-state index is 13.9. The quantitative estimate of drug-likeness (QED) is 0.187. The summed E-state index contributed by atoms with van der Waals surface area (Å²) in [6.07, 6.45) is 11.4. The van der Waals surface area contributed by atoms with Gasteiger partial charge in [-0.05, 0) is 69.7 Å². The first kappa shape index (κ1) is 27.1. The van der Waals surface area contributed by atoms with Gasteiger partial charge in [-0.3, -0.25) is 14.6 Å². The number of esters is 1. The molecule has 2 N–H and O–H groups in total. The molecule has 1 amide bonds. The van der Waals surface area contributed by atoms with Gasteiger partial charge >= 0.3 is 5.97 Å². The third-order valence-corrected chi connectivity index (χ3v) is 8.34. The number of ether oxygens (including phenoxy) is 1. The molecule has 2 fully saturated rings. The van der Waals surface area contributed by atoms with Crippen molar-refractivity contribution in [1.82, 2.24) is 10.3 Å². The molecule has 6 heteroatoms. The lowest BCUT2D eigenvalue weighted by Gasteiger charge is -2.52. The second-order valence-electron chi connectivity index (χ2n) is 11.0. The monoisotopic (exact) mass is 503 g/mol. The number of allylic oxidation sites excluding steroid dienone is 1. The highest BCUT2D eigenvalue weighted by Gasteiger charge is 2.54. The van der Waals surface area contributed by atoms with Crippen LogP contribution >= 0.6 is 0 Å². The summed E-state index contributed by atoms with van der Waals surface area (Å²) in [5.74, 6) is 0.309. The molecule has 1 heterocycles. The van der Waals surface area contributed by atoms with Crippen LogP contribution in [-0.4, -0.2) is 35.6 Å². The number of aromatic nitrogens is 1. The number of hydrogen-bond donors (Lipinski definition) is 2. The number of rotatable bonds is 10. The number of benzene rings is 1. The van der Waals surface area contributed by atoms with Crippen LogP contribution in [0, 0.1) is 18.8 Å². The zero-order valence-corrected chi connectivity index (χ0v) is 22.3. The Morgan fingerprint density at radius 2 is 1.86 bits per heavy atom. The average molecular weight is 504 g/mol. The minimum absolute atomic E-state index is 0.0735. The molecule has 2 aromatic rings. The van der Waals surface area contributed by atoms with Gasteiger partial charge in [0, 0.05) is 23.5 Å². The van der Waals surface area contributed by atoms with E-state index in [0.717, 1.165) is 55.5 Å². The molecule has 0 saturated heterocycles. The molecule has 6 nitrogen and oxygen atoms in total. The van der Waals surface area contributed by atoms with Gasteiger partial charge in [0.1, 0.15) is 5.60 Å². The average Bonchev–Trinajstić information content (AvgIpc) is 3.15. The SMILES string of the molecule is C=CC1C[C@](C)(OC(=O)C2(c3ccccc3)CCCCCC2)C1CCNCC(=O)Nc1ccnc(C)c1. The molecule has 2 aliphatic rings. The molecule has 2 unspecified atom stereocenters. The van der Waals surface area contributed by atoms with Crippen molar-refractivity contribution in [3.8, 4) is 0 Å². The third kappa shape index (κ3) is 6.30. The van der Waals surface area contributed by atoms with Crippen LogP contribution in [0.15, 0.2) is 61.3 Å². The lowest BCUT2D eigenvalue weighted by atomic mass is 9.60. The van der Waals surface area contributed by atoms with Crippen LogP contribution in [0.1, 0.15) is 69.5 Å². The summed E-state index contributed by atoms with van der Waals surface area (Å²) in [6.45, 7) is 8.87. The number of anilines is 1. The van der Waals surface area contributed by atoms with Crippen molar-refractivity contribution in [3.63, 3.8) is 0 Å². The number of hydrogen-bond acceptors (Lipinski definition) is 5. The maximum atomic E-state index is 13.9. The van der Waals surface area contributed by atoms with Crippen molar-refractivity contribution in [1.29, 1.82) is 0 Å². The number of nitrogens with zero attached hydrogens (tertiary/aromatic N) is 1. The van der Waals surface area contributed by atoms with Gasteiger partial charge in [-0.2, -0.15) is 0 Å². The predicted octanol–water partition coefficient (Wildman–Crippen LogP) is 5.72. The van der Waals surface area contributed by atoms with E-state index in [-0.39, 0.29) is 24.3 Å². The lowest BCUT2D eigenvalue weighted by Crippen LogP contribution is -2.57. The Morgan fingerprint density at radius 3 is 2.54 bits per heavy atom. The van der Waals surface area contributed by atoms with Crippen LogP contribution in [0.2, 0.25) is 0 Å². The largest absolute Gasteiger partial charge is 0.458 e. The molecule has 0 bridgehead atoms. The van der Waals surface area contributed by atoms with Crippen LogP contribution in [0.25, 0.3) is 0 Å². The zero-order valence-electron chi connectivity index (χ0n) is 22.3. The second kappa shape index (κ2) is 12.0. The molecule has 1 aromatic heterocycles. The first-order valence-corrected chi connectivity index (χ1v) is 13.7. The van der Waals surface area contributed by atoms with Crippen molar-refractivity contribution >= 4 is 17.6 Å². The molecule has 37 heavy (non-hydrogen) atoms. The van der Waals surface area contributed by atoms with Gasteiger partial charge in [0.25, 0.3) is 0 Å². The molecule has 1 aromatic carbocycles. The van der Waals surface area contributed by atoms with Crippen molar-refractivity contribution < 1.29 is 14.3 Å². The van der Waals surface area contributed by atoms with Crippen LogP contribution in [0.5, 0.6) is 0 Å². The first-order valence-electron chi connectivity index (χ1n) is 13.7. The molecule has 0 aliphatic heterocycles. The normalized spacial score (nSPS) is 24.8. The minimum Gasteiger partial charge on any atom is -0.458 e. The number of aryl methyl sites for hydroxylation is 1. The maximum Gasteiger partial charge on any atom is 0.317 e. The van der Waals surface area contributed by atoms with Gasteiger partial charge in [0.05, 0.1) is 12.0 Å². The first-order chi connectivity index (χ1) is 17.9. The molecule has 3 atom stereocenters. The second-order valence-corrected chi connectivity index (χ2v) is 11.0. The predicted molar refractivity (Wildman–Crippen MR) is 147 cm³/mol. The smallest absolute Gasteiger partial charge is 0.317 e. The Balaban J connectivity index is 1.36. The number of amides is 1. The van der Waals surface area contributed by atoms with Crippen molar-refractivity contribution in [3.05, 3.63) is 72.6 Å². The van der Waals surface area contributed by atoms with E-state index in [4.69, 9.17) is 4.74 Å². The molecule has 0 spiro atoms. The fourth-order valence-corrected chi connectivity index (χ4v) is 6.24. The summed E-state index contributed by atoms with van der Waals surface area (Å²) in [5, 5.41) is 6.15. The Morgan fingerprint density at radius 1 is 1.14 bits per heavy atom. The summed E-state index contributed by atoms with van der Waals surface area (Å²) < 4.78 is 6.44. The molecular formula is C31H41N3O3. The van der Waals surface area contributed by atoms with Crippen LogP contribution < -0.4 is 10.6 Å². The van der Waals surface area contributed by atoms with Crippen LogP contribution in [0.3, 0.4) is 0 Å². The molecule has 198 valence electrons. The van der Waals surface area contributed by atoms with E-state index in [9.17, 15) is 9.59 Å². The summed E-state index contributed by atoms with van der Waals surface area (Å²) in [5.41, 5.74) is 1.60. The van der Waals surface area contributed by atoms with Gasteiger partial charge in [-0.25, -0.2) is 0 Å². The highest BCUT2D eigenvalue weighted by molar-refractivity contribution is 5.92. The number of carbonyl (C=O) groups is 2. The van der Waals surface area contributed by atoms with Crippen LogP contribution in [-0.2, 0) is 19.7 Å². The van der Waals surface area contributed by atoms with Gasteiger partial charge in [-0.15, -0.1) is 6.58 Å². The topological polar surface area (TPSA) is 80.3 Å². The van der Waals surface area contributed by atoms with Crippen molar-refractivity contribution in [2.24, 2.45) is 11.8 Å². The summed E-state index contributed by atoms with van der Waals surface area (Å²) in [7, 11) is 0. The summed E-state index contributed by atoms with van der Waals surface area (Å²) in [4.78, 5) is 30.4. The molecule has 4 rings (SSSR count). The van der Waals surface area contributed by atoms with Gasteiger partial charge in [0.15, 0.2) is 0 Å². The molecule has 2 saturated carbocycles. The fourth-order valence-electron chi connectivity index (χ4n) is 6.24. The standard InChI is InChI=1S/C31H41N3O3/c1-4-24-21-30(3,27(24)15-18-32-22-28(35)34-26-14-19-33-23(2)20-26)37-29(36)31(16-10-5-6-11-17-31)25-12-8-7-9-13-25/h4,7-9,12-14,19-20,24,27,32H,1,5-6,10-11,15-18,21-22H2,2-3H3,(H,33,34,35)/t24?,27?,30-/m0/s1. The highest BCUT2D eigenvalue weighted by atomic mass is 16.6. The van der Waals surface area contributed by atoms with E-state index in [1.807, 2.05) is 37.3 Å². The fraction of sp³-hybridized carbons (Fsp3) is 0.516. The Kier molecular flexibility index (Phi) is 8.80. The van der Waals surface area contributed by atoms with E-state index < -0.39 is 11.0 Å². The van der Waals surface area contributed by atoms with Crippen molar-refractivity contribution in [2.75, 3.05) is 18.4 Å². The van der Waals surface area contributed by atoms with Crippen molar-refractivity contribution in [2.45, 2.75) is 76.2 Å². The zero-order chi connectivity index (χ0) is 26.3. The molecule has 0 radical (unpaired) electrons. The van der Waals surface area contributed by atoms with E-state index in [1.165, 1.54) is 12.8 Å². The Labute approximate surface area is 221 Å². The van der Waals surface area contributed by atoms with Gasteiger partial charge in [0.2, 0.25) is 5.91 Å². The minimum atomic E-state index is -0.563. The van der Waals surface area contributed by atoms with Crippen LogP contribution in [0.4, 0.5) is 5.69 Å². The third-order valence-electron chi connectivity index (χ3n) is 8.34. The lowest BCUT2D eigenvalue weighted by molar-refractivity contribution is -0.194. The number of carbonyl (C=O) groups excluding carboxylic acids is 2. The highest BCUT2D eigenvalue weighted by Crippen LogP contribution is 2.51. The number of nitrogens with one attached hydrogen (secondary N) is 2. The van der Waals surface area contributed by atoms with Gasteiger partial charge in [-0.1, -0.05) is 62.1 Å². The Bertz CT molecular complexity index is 1080. The summed E-state index contributed by atoms with van der Waals surface area (Å²) >= 11 is 0. The van der Waals surface area contributed by atoms with E-state index in [1.54, 1.807) is 12.3 Å².